The Bertz CT molecular complexity index is 551. The van der Waals surface area contributed by atoms with Crippen molar-refractivity contribution < 1.29 is 14.7 Å². The molecular weight excluding hydrogens is 266 g/mol. The standard InChI is InChI=1S/C17H21NO3/c1-12-10-14-8-5-7-13(11-14)6-3-2-4-9-15(17(20)21)18-16(12)19/h5,7-8,11,15H,1-4,6,9-10H2,(H,18,19)(H,20,21)/t15-/m0/s1. The first-order chi connectivity index (χ1) is 10.1. The van der Waals surface area contributed by atoms with Gasteiger partial charge in [-0.3, -0.25) is 4.79 Å². The molecule has 0 aromatic heterocycles. The zero-order chi connectivity index (χ0) is 15.2. The minimum absolute atomic E-state index is 0.368. The Morgan fingerprint density at radius 3 is 2.76 bits per heavy atom. The van der Waals surface area contributed by atoms with Crippen LogP contribution in [0.1, 0.15) is 36.8 Å². The minimum atomic E-state index is -0.980. The molecule has 112 valence electrons. The topological polar surface area (TPSA) is 66.4 Å². The van der Waals surface area contributed by atoms with Gasteiger partial charge in [-0.1, -0.05) is 43.7 Å². The second-order valence-electron chi connectivity index (χ2n) is 5.56. The molecule has 1 aliphatic heterocycles. The average molecular weight is 287 g/mol. The van der Waals surface area contributed by atoms with Gasteiger partial charge in [-0.15, -0.1) is 0 Å². The lowest BCUT2D eigenvalue weighted by Gasteiger charge is -2.15. The number of carboxylic acids is 1. The number of hydrogen-bond donors (Lipinski definition) is 2. The van der Waals surface area contributed by atoms with Crippen LogP contribution >= 0.6 is 0 Å². The largest absolute Gasteiger partial charge is 0.480 e. The molecule has 0 radical (unpaired) electrons. The van der Waals surface area contributed by atoms with Gasteiger partial charge in [-0.05, 0) is 30.4 Å². The van der Waals surface area contributed by atoms with Gasteiger partial charge < -0.3 is 10.4 Å². The first-order valence-electron chi connectivity index (χ1n) is 7.35. The summed E-state index contributed by atoms with van der Waals surface area (Å²) in [4.78, 5) is 23.2. The molecule has 4 heteroatoms. The molecule has 1 aromatic carbocycles. The van der Waals surface area contributed by atoms with Crippen LogP contribution < -0.4 is 5.32 Å². The van der Waals surface area contributed by atoms with Crippen molar-refractivity contribution in [2.24, 2.45) is 0 Å². The van der Waals surface area contributed by atoms with E-state index in [2.05, 4.69) is 24.0 Å². The summed E-state index contributed by atoms with van der Waals surface area (Å²) in [6.07, 6.45) is 4.69. The summed E-state index contributed by atoms with van der Waals surface area (Å²) < 4.78 is 0. The van der Waals surface area contributed by atoms with Crippen LogP contribution in [0.3, 0.4) is 0 Å². The van der Waals surface area contributed by atoms with Crippen molar-refractivity contribution in [3.63, 3.8) is 0 Å². The first kappa shape index (κ1) is 15.3. The van der Waals surface area contributed by atoms with Crippen LogP contribution in [0, 0.1) is 0 Å². The highest BCUT2D eigenvalue weighted by Crippen LogP contribution is 2.15. The monoisotopic (exact) mass is 287 g/mol. The number of hydrogen-bond acceptors (Lipinski definition) is 2. The summed E-state index contributed by atoms with van der Waals surface area (Å²) in [6.45, 7) is 3.79. The molecular formula is C17H21NO3. The van der Waals surface area contributed by atoms with Gasteiger partial charge >= 0.3 is 5.97 Å². The number of nitrogens with one attached hydrogen (secondary N) is 1. The van der Waals surface area contributed by atoms with Gasteiger partial charge in [-0.2, -0.15) is 0 Å². The fourth-order valence-electron chi connectivity index (χ4n) is 2.59. The second kappa shape index (κ2) is 7.07. The summed E-state index contributed by atoms with van der Waals surface area (Å²) in [6, 6.07) is 7.33. The molecule has 0 spiro atoms. The normalized spacial score (nSPS) is 20.7. The van der Waals surface area contributed by atoms with Crippen molar-refractivity contribution in [3.8, 4) is 0 Å². The first-order valence-corrected chi connectivity index (χ1v) is 7.35. The number of aryl methyl sites for hydroxylation is 1. The van der Waals surface area contributed by atoms with Gasteiger partial charge in [-0.25, -0.2) is 4.79 Å². The lowest BCUT2D eigenvalue weighted by Crippen LogP contribution is -2.41. The molecule has 0 unspecified atom stereocenters. The van der Waals surface area contributed by atoms with Crippen LogP contribution in [-0.2, 0) is 22.4 Å². The van der Waals surface area contributed by atoms with Crippen LogP contribution in [0.4, 0.5) is 0 Å². The van der Waals surface area contributed by atoms with E-state index in [0.29, 0.717) is 18.4 Å². The van der Waals surface area contributed by atoms with E-state index >= 15 is 0 Å². The molecule has 0 aliphatic carbocycles. The molecule has 2 N–H and O–H groups in total. The number of carbonyl (C=O) groups is 2. The lowest BCUT2D eigenvalue weighted by molar-refractivity contribution is -0.141. The summed E-state index contributed by atoms with van der Waals surface area (Å²) >= 11 is 0. The maximum Gasteiger partial charge on any atom is 0.326 e. The third-order valence-corrected chi connectivity index (χ3v) is 3.79. The third-order valence-electron chi connectivity index (χ3n) is 3.79. The fourth-order valence-corrected chi connectivity index (χ4v) is 2.59. The molecule has 1 aliphatic rings. The van der Waals surface area contributed by atoms with Gasteiger partial charge in [0.1, 0.15) is 6.04 Å². The van der Waals surface area contributed by atoms with Gasteiger partial charge in [0.05, 0.1) is 0 Å². The number of carboxylic acid groups (broad SMARTS) is 1. The van der Waals surface area contributed by atoms with Gasteiger partial charge in [0.25, 0.3) is 0 Å². The third kappa shape index (κ3) is 4.45. The highest BCUT2D eigenvalue weighted by molar-refractivity contribution is 5.95. The van der Waals surface area contributed by atoms with E-state index in [9.17, 15) is 14.7 Å². The predicted molar refractivity (Wildman–Crippen MR) is 81.0 cm³/mol. The maximum absolute atomic E-state index is 12.1. The SMILES string of the molecule is C=C1Cc2cccc(c2)CCCCC[C@@H](C(=O)O)NC1=O. The molecule has 1 heterocycles. The molecule has 0 saturated heterocycles. The minimum Gasteiger partial charge on any atom is -0.480 e. The van der Waals surface area contributed by atoms with Crippen molar-refractivity contribution in [1.29, 1.82) is 0 Å². The van der Waals surface area contributed by atoms with E-state index in [1.54, 1.807) is 0 Å². The molecule has 1 aromatic rings. The van der Waals surface area contributed by atoms with E-state index in [1.807, 2.05) is 12.1 Å². The van der Waals surface area contributed by atoms with E-state index in [0.717, 1.165) is 31.2 Å². The van der Waals surface area contributed by atoms with Gasteiger partial charge in [0.2, 0.25) is 5.91 Å². The van der Waals surface area contributed by atoms with Crippen LogP contribution in [-0.4, -0.2) is 23.0 Å². The number of carbonyl (C=O) groups excluding carboxylic acids is 1. The van der Waals surface area contributed by atoms with Crippen molar-refractivity contribution >= 4 is 11.9 Å². The van der Waals surface area contributed by atoms with Crippen molar-refractivity contribution in [1.82, 2.24) is 5.32 Å². The number of amides is 1. The van der Waals surface area contributed by atoms with Crippen molar-refractivity contribution in [3.05, 3.63) is 47.5 Å². The Balaban J connectivity index is 2.17. The molecule has 4 nitrogen and oxygen atoms in total. The quantitative estimate of drug-likeness (QED) is 0.780. The number of aliphatic carboxylic acids is 1. The van der Waals surface area contributed by atoms with Crippen LogP contribution in [0.15, 0.2) is 36.4 Å². The van der Waals surface area contributed by atoms with E-state index in [1.165, 1.54) is 5.56 Å². The molecule has 2 bridgehead atoms. The molecule has 1 atom stereocenters. The Hall–Kier alpha value is -2.10. The Labute approximate surface area is 124 Å². The van der Waals surface area contributed by atoms with Gasteiger partial charge in [0, 0.05) is 12.0 Å². The smallest absolute Gasteiger partial charge is 0.326 e. The summed E-state index contributed by atoms with van der Waals surface area (Å²) in [5.41, 5.74) is 2.70. The Morgan fingerprint density at radius 2 is 2.00 bits per heavy atom. The molecule has 0 saturated carbocycles. The van der Waals surface area contributed by atoms with Crippen molar-refractivity contribution in [2.75, 3.05) is 0 Å². The van der Waals surface area contributed by atoms with E-state index in [4.69, 9.17) is 0 Å². The molecule has 0 fully saturated rings. The number of benzene rings is 1. The van der Waals surface area contributed by atoms with Crippen LogP contribution in [0.25, 0.3) is 0 Å². The van der Waals surface area contributed by atoms with E-state index in [-0.39, 0.29) is 5.91 Å². The summed E-state index contributed by atoms with van der Waals surface area (Å²) in [5, 5.41) is 11.8. The lowest BCUT2D eigenvalue weighted by atomic mass is 10.0. The fraction of sp³-hybridized carbons (Fsp3) is 0.412. The van der Waals surface area contributed by atoms with Gasteiger partial charge in [0.15, 0.2) is 0 Å². The van der Waals surface area contributed by atoms with Crippen LogP contribution in [0.5, 0.6) is 0 Å². The zero-order valence-corrected chi connectivity index (χ0v) is 12.1. The van der Waals surface area contributed by atoms with Crippen LogP contribution in [0.2, 0.25) is 0 Å². The number of fused-ring (bicyclic) bond motifs is 2. The molecule has 2 rings (SSSR count). The van der Waals surface area contributed by atoms with E-state index < -0.39 is 12.0 Å². The highest BCUT2D eigenvalue weighted by atomic mass is 16.4. The summed E-state index contributed by atoms with van der Waals surface area (Å²) in [7, 11) is 0. The number of rotatable bonds is 1. The molecule has 21 heavy (non-hydrogen) atoms. The highest BCUT2D eigenvalue weighted by Gasteiger charge is 2.21. The average Bonchev–Trinajstić information content (AvgIpc) is 2.45. The molecule has 1 amide bonds. The Morgan fingerprint density at radius 1 is 1.24 bits per heavy atom. The maximum atomic E-state index is 12.1. The summed E-state index contributed by atoms with van der Waals surface area (Å²) in [5.74, 6) is -1.35. The predicted octanol–water partition coefficient (Wildman–Crippen LogP) is 2.47. The second-order valence-corrected chi connectivity index (χ2v) is 5.56. The Kier molecular flexibility index (Phi) is 5.14. The zero-order valence-electron chi connectivity index (χ0n) is 12.1. The van der Waals surface area contributed by atoms with Crippen molar-refractivity contribution in [2.45, 2.75) is 44.6 Å².